The highest BCUT2D eigenvalue weighted by atomic mass is 15.0. The number of rotatable bonds is 5. The molecule has 0 unspecified atom stereocenters. The summed E-state index contributed by atoms with van der Waals surface area (Å²) >= 11 is 0. The summed E-state index contributed by atoms with van der Waals surface area (Å²) in [6, 6.07) is 0.628. The lowest BCUT2D eigenvalue weighted by Crippen LogP contribution is -2.32. The SMILES string of the molecule is CCCC(CCC)NC(C)=NC. The fourth-order valence-electron chi connectivity index (χ4n) is 1.35. The lowest BCUT2D eigenvalue weighted by Gasteiger charge is -2.17. The molecule has 0 rings (SSSR count). The molecule has 0 aliphatic heterocycles. The van der Waals surface area contributed by atoms with Crippen molar-refractivity contribution in [1.29, 1.82) is 0 Å². The van der Waals surface area contributed by atoms with Crippen molar-refractivity contribution in [3.63, 3.8) is 0 Å². The van der Waals surface area contributed by atoms with Crippen LogP contribution in [-0.4, -0.2) is 18.9 Å². The molecule has 0 aromatic heterocycles. The molecule has 0 spiro atoms. The lowest BCUT2D eigenvalue weighted by molar-refractivity contribution is 0.508. The summed E-state index contributed by atoms with van der Waals surface area (Å²) in [5, 5.41) is 3.42. The number of amidine groups is 1. The normalized spacial score (nSPS) is 12.2. The van der Waals surface area contributed by atoms with Crippen LogP contribution >= 0.6 is 0 Å². The van der Waals surface area contributed by atoms with Gasteiger partial charge in [-0.3, -0.25) is 4.99 Å². The maximum Gasteiger partial charge on any atom is 0.0930 e. The topological polar surface area (TPSA) is 24.4 Å². The van der Waals surface area contributed by atoms with Gasteiger partial charge < -0.3 is 5.32 Å². The molecule has 0 amide bonds. The van der Waals surface area contributed by atoms with Crippen LogP contribution in [0.15, 0.2) is 4.99 Å². The molecule has 0 aromatic carbocycles. The Bertz CT molecular complexity index is 124. The van der Waals surface area contributed by atoms with Crippen LogP contribution in [0.4, 0.5) is 0 Å². The Morgan fingerprint density at radius 1 is 1.25 bits per heavy atom. The largest absolute Gasteiger partial charge is 0.371 e. The molecule has 0 bridgehead atoms. The molecule has 1 N–H and O–H groups in total. The fraction of sp³-hybridized carbons (Fsp3) is 0.900. The Labute approximate surface area is 76.5 Å². The minimum Gasteiger partial charge on any atom is -0.371 e. The number of nitrogens with zero attached hydrogens (tertiary/aromatic N) is 1. The maximum absolute atomic E-state index is 4.10. The maximum atomic E-state index is 4.10. The fourth-order valence-corrected chi connectivity index (χ4v) is 1.35. The van der Waals surface area contributed by atoms with E-state index in [1.54, 1.807) is 0 Å². The van der Waals surface area contributed by atoms with E-state index in [4.69, 9.17) is 0 Å². The third-order valence-electron chi connectivity index (χ3n) is 2.02. The zero-order valence-corrected chi connectivity index (χ0v) is 8.85. The van der Waals surface area contributed by atoms with Crippen molar-refractivity contribution in [3.05, 3.63) is 0 Å². The molecule has 2 nitrogen and oxygen atoms in total. The summed E-state index contributed by atoms with van der Waals surface area (Å²) in [4.78, 5) is 4.10. The van der Waals surface area contributed by atoms with Crippen LogP contribution < -0.4 is 5.32 Å². The van der Waals surface area contributed by atoms with Crippen molar-refractivity contribution in [1.82, 2.24) is 5.32 Å². The number of aliphatic imine (C=N–C) groups is 1. The summed E-state index contributed by atoms with van der Waals surface area (Å²) < 4.78 is 0. The van der Waals surface area contributed by atoms with Gasteiger partial charge in [0.05, 0.1) is 5.84 Å². The van der Waals surface area contributed by atoms with Crippen molar-refractivity contribution in [2.75, 3.05) is 7.05 Å². The van der Waals surface area contributed by atoms with Crippen molar-refractivity contribution in [3.8, 4) is 0 Å². The van der Waals surface area contributed by atoms with Crippen molar-refractivity contribution < 1.29 is 0 Å². The van der Waals surface area contributed by atoms with Crippen molar-refractivity contribution in [2.24, 2.45) is 4.99 Å². The van der Waals surface area contributed by atoms with Crippen LogP contribution in [0.25, 0.3) is 0 Å². The third kappa shape index (κ3) is 5.16. The van der Waals surface area contributed by atoms with E-state index in [9.17, 15) is 0 Å². The van der Waals surface area contributed by atoms with E-state index in [2.05, 4.69) is 24.2 Å². The first-order valence-electron chi connectivity index (χ1n) is 4.94. The first-order chi connectivity index (χ1) is 5.74. The zero-order valence-electron chi connectivity index (χ0n) is 8.85. The second-order valence-corrected chi connectivity index (χ2v) is 3.23. The Kier molecular flexibility index (Phi) is 6.82. The molecule has 0 saturated heterocycles. The molecule has 0 aromatic rings. The van der Waals surface area contributed by atoms with E-state index in [-0.39, 0.29) is 0 Å². The van der Waals surface area contributed by atoms with E-state index in [1.807, 2.05) is 14.0 Å². The van der Waals surface area contributed by atoms with Gasteiger partial charge in [0.15, 0.2) is 0 Å². The second-order valence-electron chi connectivity index (χ2n) is 3.23. The first-order valence-corrected chi connectivity index (χ1v) is 4.94. The molecule has 0 atom stereocenters. The van der Waals surface area contributed by atoms with Crippen LogP contribution in [0.1, 0.15) is 46.5 Å². The standard InChI is InChI=1S/C10H22N2/c1-5-7-10(8-6-2)12-9(3)11-4/h10H,5-8H2,1-4H3,(H,11,12). The lowest BCUT2D eigenvalue weighted by atomic mass is 10.1. The van der Waals surface area contributed by atoms with Crippen LogP contribution in [0, 0.1) is 0 Å². The van der Waals surface area contributed by atoms with E-state index < -0.39 is 0 Å². The quantitative estimate of drug-likeness (QED) is 0.498. The second kappa shape index (κ2) is 7.14. The Hall–Kier alpha value is -0.530. The molecule has 72 valence electrons. The summed E-state index contributed by atoms with van der Waals surface area (Å²) in [5.74, 6) is 1.06. The van der Waals surface area contributed by atoms with Gasteiger partial charge in [-0.25, -0.2) is 0 Å². The summed E-state index contributed by atoms with van der Waals surface area (Å²) in [6.45, 7) is 6.48. The van der Waals surface area contributed by atoms with Crippen LogP contribution in [0.5, 0.6) is 0 Å². The Morgan fingerprint density at radius 2 is 1.75 bits per heavy atom. The van der Waals surface area contributed by atoms with Gasteiger partial charge in [0.2, 0.25) is 0 Å². The highest BCUT2D eigenvalue weighted by Gasteiger charge is 2.05. The predicted molar refractivity (Wildman–Crippen MR) is 55.8 cm³/mol. The average Bonchev–Trinajstić information content (AvgIpc) is 2.05. The summed E-state index contributed by atoms with van der Waals surface area (Å²) in [7, 11) is 1.83. The van der Waals surface area contributed by atoms with E-state index >= 15 is 0 Å². The van der Waals surface area contributed by atoms with E-state index in [0.717, 1.165) is 5.84 Å². The first kappa shape index (κ1) is 11.5. The van der Waals surface area contributed by atoms with E-state index in [0.29, 0.717) is 6.04 Å². The minimum absolute atomic E-state index is 0.628. The van der Waals surface area contributed by atoms with E-state index in [1.165, 1.54) is 25.7 Å². The van der Waals surface area contributed by atoms with Gasteiger partial charge >= 0.3 is 0 Å². The summed E-state index contributed by atoms with van der Waals surface area (Å²) in [6.07, 6.45) is 4.99. The van der Waals surface area contributed by atoms with Crippen molar-refractivity contribution in [2.45, 2.75) is 52.5 Å². The van der Waals surface area contributed by atoms with Gasteiger partial charge in [-0.05, 0) is 19.8 Å². The van der Waals surface area contributed by atoms with Crippen LogP contribution in [-0.2, 0) is 0 Å². The average molecular weight is 170 g/mol. The molecule has 0 fully saturated rings. The monoisotopic (exact) mass is 170 g/mol. The van der Waals surface area contributed by atoms with Crippen molar-refractivity contribution >= 4 is 5.84 Å². The van der Waals surface area contributed by atoms with Gasteiger partial charge in [0.25, 0.3) is 0 Å². The molecule has 0 saturated carbocycles. The molecule has 0 aliphatic carbocycles. The molecular weight excluding hydrogens is 148 g/mol. The molecular formula is C10H22N2. The zero-order chi connectivity index (χ0) is 9.40. The number of hydrogen-bond acceptors (Lipinski definition) is 1. The van der Waals surface area contributed by atoms with Crippen LogP contribution in [0.3, 0.4) is 0 Å². The smallest absolute Gasteiger partial charge is 0.0930 e. The number of nitrogens with one attached hydrogen (secondary N) is 1. The summed E-state index contributed by atoms with van der Waals surface area (Å²) in [5.41, 5.74) is 0. The molecule has 0 heterocycles. The predicted octanol–water partition coefficient (Wildman–Crippen LogP) is 2.59. The van der Waals surface area contributed by atoms with Gasteiger partial charge in [-0.1, -0.05) is 26.7 Å². The third-order valence-corrected chi connectivity index (χ3v) is 2.02. The van der Waals surface area contributed by atoms with Gasteiger partial charge in [-0.2, -0.15) is 0 Å². The van der Waals surface area contributed by atoms with Gasteiger partial charge in [0.1, 0.15) is 0 Å². The minimum atomic E-state index is 0.628. The van der Waals surface area contributed by atoms with Gasteiger partial charge in [0, 0.05) is 13.1 Å². The Balaban J connectivity index is 3.77. The molecule has 12 heavy (non-hydrogen) atoms. The highest BCUT2D eigenvalue weighted by Crippen LogP contribution is 2.04. The molecule has 0 aliphatic rings. The molecule has 2 heteroatoms. The Morgan fingerprint density at radius 3 is 2.08 bits per heavy atom. The van der Waals surface area contributed by atoms with Gasteiger partial charge in [-0.15, -0.1) is 0 Å². The number of hydrogen-bond donors (Lipinski definition) is 1. The highest BCUT2D eigenvalue weighted by molar-refractivity contribution is 5.79. The van der Waals surface area contributed by atoms with Crippen LogP contribution in [0.2, 0.25) is 0 Å². The molecule has 0 radical (unpaired) electrons.